The summed E-state index contributed by atoms with van der Waals surface area (Å²) in [6.45, 7) is 3.60. The van der Waals surface area contributed by atoms with Crippen LogP contribution in [0.4, 0.5) is 0 Å². The van der Waals surface area contributed by atoms with Crippen LogP contribution < -0.4 is 5.32 Å². The maximum Gasteiger partial charge on any atom is 0.317 e. The number of carboxylic acid groups (broad SMARTS) is 1. The van der Waals surface area contributed by atoms with Gasteiger partial charge in [-0.2, -0.15) is 0 Å². The molecule has 0 saturated carbocycles. The Bertz CT molecular complexity index is 294. The van der Waals surface area contributed by atoms with Crippen LogP contribution in [0.2, 0.25) is 0 Å². The number of piperazine rings is 1. The second-order valence-electron chi connectivity index (χ2n) is 4.64. The van der Waals surface area contributed by atoms with Crippen molar-refractivity contribution in [2.24, 2.45) is 0 Å². The highest BCUT2D eigenvalue weighted by Gasteiger charge is 2.29. The number of hydrogen-bond acceptors (Lipinski definition) is 4. The molecule has 2 N–H and O–H groups in total. The van der Waals surface area contributed by atoms with Crippen molar-refractivity contribution < 1.29 is 14.7 Å². The summed E-state index contributed by atoms with van der Waals surface area (Å²) in [5, 5.41) is 11.9. The van der Waals surface area contributed by atoms with Crippen LogP contribution in [0.15, 0.2) is 0 Å². The summed E-state index contributed by atoms with van der Waals surface area (Å²) < 4.78 is 0. The van der Waals surface area contributed by atoms with Gasteiger partial charge in [-0.15, -0.1) is 0 Å². The van der Waals surface area contributed by atoms with Crippen LogP contribution in [-0.4, -0.2) is 72.1 Å². The van der Waals surface area contributed by atoms with Gasteiger partial charge in [0.05, 0.1) is 12.6 Å². The molecule has 0 aliphatic carbocycles. The maximum absolute atomic E-state index is 12.1. The average Bonchev–Trinajstić information content (AvgIpc) is 2.82. The van der Waals surface area contributed by atoms with Crippen LogP contribution in [0.3, 0.4) is 0 Å². The van der Waals surface area contributed by atoms with Crippen molar-refractivity contribution in [3.05, 3.63) is 0 Å². The number of carbonyl (C=O) groups excluding carboxylic acids is 1. The van der Waals surface area contributed by atoms with Gasteiger partial charge in [-0.25, -0.2) is 0 Å². The van der Waals surface area contributed by atoms with E-state index in [0.717, 1.165) is 19.4 Å². The van der Waals surface area contributed by atoms with Crippen LogP contribution in [0.5, 0.6) is 0 Å². The van der Waals surface area contributed by atoms with E-state index in [0.29, 0.717) is 26.2 Å². The van der Waals surface area contributed by atoms with Crippen molar-refractivity contribution >= 4 is 11.9 Å². The number of aliphatic carboxylic acids is 1. The van der Waals surface area contributed by atoms with Gasteiger partial charge in [-0.1, -0.05) is 0 Å². The highest BCUT2D eigenvalue weighted by Crippen LogP contribution is 2.10. The summed E-state index contributed by atoms with van der Waals surface area (Å²) in [5.41, 5.74) is 0. The van der Waals surface area contributed by atoms with Crippen molar-refractivity contribution in [3.8, 4) is 0 Å². The van der Waals surface area contributed by atoms with Gasteiger partial charge in [0.25, 0.3) is 0 Å². The number of rotatable bonds is 3. The molecule has 0 spiro atoms. The summed E-state index contributed by atoms with van der Waals surface area (Å²) >= 11 is 0. The summed E-state index contributed by atoms with van der Waals surface area (Å²) in [4.78, 5) is 26.3. The number of amides is 1. The molecule has 0 aromatic rings. The molecule has 0 bridgehead atoms. The van der Waals surface area contributed by atoms with Crippen LogP contribution in [-0.2, 0) is 9.59 Å². The summed E-state index contributed by atoms with van der Waals surface area (Å²) in [6, 6.07) is -0.0129. The lowest BCUT2D eigenvalue weighted by molar-refractivity contribution is -0.139. The van der Waals surface area contributed by atoms with Gasteiger partial charge in [-0.05, 0) is 19.4 Å². The number of carbonyl (C=O) groups is 2. The minimum atomic E-state index is -0.803. The lowest BCUT2D eigenvalue weighted by atomic mass is 10.2. The minimum absolute atomic E-state index is 0.0129. The van der Waals surface area contributed by atoms with Crippen LogP contribution in [0.25, 0.3) is 0 Å². The van der Waals surface area contributed by atoms with Gasteiger partial charge >= 0.3 is 5.97 Å². The third-order valence-electron chi connectivity index (χ3n) is 3.40. The molecule has 0 aromatic heterocycles. The van der Waals surface area contributed by atoms with E-state index in [-0.39, 0.29) is 18.5 Å². The first-order chi connectivity index (χ1) is 8.16. The van der Waals surface area contributed by atoms with Crippen molar-refractivity contribution in [1.82, 2.24) is 15.1 Å². The molecular formula is C11H19N3O3. The van der Waals surface area contributed by atoms with Crippen molar-refractivity contribution in [2.75, 3.05) is 39.3 Å². The lowest BCUT2D eigenvalue weighted by Gasteiger charge is -2.35. The molecule has 6 nitrogen and oxygen atoms in total. The third kappa shape index (κ3) is 3.17. The van der Waals surface area contributed by atoms with E-state index in [1.807, 2.05) is 9.80 Å². The molecule has 2 saturated heterocycles. The van der Waals surface area contributed by atoms with Crippen LogP contribution >= 0.6 is 0 Å². The molecular weight excluding hydrogens is 222 g/mol. The fraction of sp³-hybridized carbons (Fsp3) is 0.818. The highest BCUT2D eigenvalue weighted by atomic mass is 16.4. The minimum Gasteiger partial charge on any atom is -0.480 e. The Kier molecular flexibility index (Phi) is 3.96. The molecule has 1 unspecified atom stereocenters. The molecule has 1 atom stereocenters. The van der Waals surface area contributed by atoms with Crippen LogP contribution in [0, 0.1) is 0 Å². The topological polar surface area (TPSA) is 72.9 Å². The first-order valence-electron chi connectivity index (χ1n) is 6.13. The Morgan fingerprint density at radius 2 is 1.94 bits per heavy atom. The Hall–Kier alpha value is -1.14. The van der Waals surface area contributed by atoms with E-state index in [4.69, 9.17) is 5.11 Å². The highest BCUT2D eigenvalue weighted by molar-refractivity contribution is 5.82. The second kappa shape index (κ2) is 5.46. The van der Waals surface area contributed by atoms with Gasteiger partial charge < -0.3 is 15.3 Å². The maximum atomic E-state index is 12.1. The molecule has 17 heavy (non-hydrogen) atoms. The van der Waals surface area contributed by atoms with Crippen molar-refractivity contribution in [1.29, 1.82) is 0 Å². The zero-order valence-electron chi connectivity index (χ0n) is 9.89. The number of carboxylic acids is 1. The van der Waals surface area contributed by atoms with Crippen molar-refractivity contribution in [2.45, 2.75) is 18.9 Å². The molecule has 2 fully saturated rings. The molecule has 2 rings (SSSR count). The molecule has 6 heteroatoms. The zero-order chi connectivity index (χ0) is 12.3. The molecule has 2 aliphatic heterocycles. The van der Waals surface area contributed by atoms with Gasteiger partial charge in [0.15, 0.2) is 0 Å². The molecule has 1 amide bonds. The van der Waals surface area contributed by atoms with Gasteiger partial charge in [0, 0.05) is 26.2 Å². The number of hydrogen-bond donors (Lipinski definition) is 2. The normalized spacial score (nSPS) is 26.1. The molecule has 0 radical (unpaired) electrons. The summed E-state index contributed by atoms with van der Waals surface area (Å²) in [5.74, 6) is -0.625. The first-order valence-corrected chi connectivity index (χ1v) is 6.13. The predicted molar refractivity (Wildman–Crippen MR) is 61.7 cm³/mol. The van der Waals surface area contributed by atoms with E-state index in [1.165, 1.54) is 0 Å². The zero-order valence-corrected chi connectivity index (χ0v) is 9.89. The fourth-order valence-electron chi connectivity index (χ4n) is 2.43. The second-order valence-corrected chi connectivity index (χ2v) is 4.64. The predicted octanol–water partition coefficient (Wildman–Crippen LogP) is -1.03. The Labute approximate surface area is 101 Å². The van der Waals surface area contributed by atoms with E-state index in [2.05, 4.69) is 5.32 Å². The van der Waals surface area contributed by atoms with E-state index < -0.39 is 5.97 Å². The van der Waals surface area contributed by atoms with Crippen LogP contribution in [0.1, 0.15) is 12.8 Å². The Balaban J connectivity index is 1.78. The van der Waals surface area contributed by atoms with Gasteiger partial charge in [0.1, 0.15) is 0 Å². The van der Waals surface area contributed by atoms with E-state index >= 15 is 0 Å². The number of nitrogens with zero attached hydrogens (tertiary/aromatic N) is 2. The smallest absolute Gasteiger partial charge is 0.317 e. The molecule has 96 valence electrons. The van der Waals surface area contributed by atoms with E-state index in [9.17, 15) is 9.59 Å². The standard InChI is InChI=1S/C11H19N3O3/c15-10(16)8-13-4-6-14(7-5-13)11(17)9-2-1-3-12-9/h9,12H,1-8H2,(H,15,16). The Morgan fingerprint density at radius 1 is 1.24 bits per heavy atom. The number of nitrogens with one attached hydrogen (secondary N) is 1. The first kappa shape index (κ1) is 12.3. The quantitative estimate of drug-likeness (QED) is 0.661. The largest absolute Gasteiger partial charge is 0.480 e. The fourth-order valence-corrected chi connectivity index (χ4v) is 2.43. The van der Waals surface area contributed by atoms with Gasteiger partial charge in [0.2, 0.25) is 5.91 Å². The third-order valence-corrected chi connectivity index (χ3v) is 3.40. The molecule has 0 aromatic carbocycles. The summed E-state index contributed by atoms with van der Waals surface area (Å²) in [6.07, 6.45) is 1.99. The average molecular weight is 241 g/mol. The SMILES string of the molecule is O=C(O)CN1CCN(C(=O)C2CCCN2)CC1. The monoisotopic (exact) mass is 241 g/mol. The summed E-state index contributed by atoms with van der Waals surface area (Å²) in [7, 11) is 0. The lowest BCUT2D eigenvalue weighted by Crippen LogP contribution is -2.53. The van der Waals surface area contributed by atoms with E-state index in [1.54, 1.807) is 0 Å². The van der Waals surface area contributed by atoms with Crippen molar-refractivity contribution in [3.63, 3.8) is 0 Å². The molecule has 2 heterocycles. The molecule has 2 aliphatic rings. The Morgan fingerprint density at radius 3 is 2.47 bits per heavy atom. The van der Waals surface area contributed by atoms with Gasteiger partial charge in [-0.3, -0.25) is 14.5 Å².